The van der Waals surface area contributed by atoms with E-state index in [1.165, 1.54) is 38.5 Å². The van der Waals surface area contributed by atoms with Crippen LogP contribution in [0.1, 0.15) is 71.6 Å². The predicted molar refractivity (Wildman–Crippen MR) is 90.9 cm³/mol. The van der Waals surface area contributed by atoms with Crippen molar-refractivity contribution >= 4 is 18.3 Å². The molecule has 3 nitrogen and oxygen atoms in total. The maximum absolute atomic E-state index is 12.3. The van der Waals surface area contributed by atoms with E-state index in [-0.39, 0.29) is 24.2 Å². The Morgan fingerprint density at radius 2 is 1.95 bits per heavy atom. The van der Waals surface area contributed by atoms with E-state index in [9.17, 15) is 4.79 Å². The number of halogens is 1. The molecule has 4 heteroatoms. The lowest BCUT2D eigenvalue weighted by Crippen LogP contribution is -2.44. The van der Waals surface area contributed by atoms with Crippen LogP contribution in [0.15, 0.2) is 0 Å². The van der Waals surface area contributed by atoms with Crippen LogP contribution in [0.3, 0.4) is 0 Å². The third-order valence-corrected chi connectivity index (χ3v) is 5.12. The van der Waals surface area contributed by atoms with E-state index in [1.807, 2.05) is 0 Å². The Morgan fingerprint density at radius 1 is 1.24 bits per heavy atom. The van der Waals surface area contributed by atoms with Gasteiger partial charge in [-0.15, -0.1) is 12.4 Å². The van der Waals surface area contributed by atoms with Crippen molar-refractivity contribution < 1.29 is 4.79 Å². The number of piperidine rings is 1. The maximum atomic E-state index is 12.3. The van der Waals surface area contributed by atoms with Crippen LogP contribution in [0, 0.1) is 11.8 Å². The Bertz CT molecular complexity index is 305. The molecule has 1 saturated carbocycles. The topological polar surface area (TPSA) is 41.1 Å². The first-order chi connectivity index (χ1) is 9.65. The smallest absolute Gasteiger partial charge is 0.223 e. The highest BCUT2D eigenvalue weighted by Gasteiger charge is 2.25. The van der Waals surface area contributed by atoms with Crippen molar-refractivity contribution in [3.63, 3.8) is 0 Å². The van der Waals surface area contributed by atoms with Crippen molar-refractivity contribution in [3.8, 4) is 0 Å². The Kier molecular flexibility index (Phi) is 8.65. The number of carbonyl (C=O) groups is 1. The molecule has 0 radical (unpaired) electrons. The Balaban J connectivity index is 0.00000220. The summed E-state index contributed by atoms with van der Waals surface area (Å²) in [5.74, 6) is 1.43. The number of nitrogens with one attached hydrogen (secondary N) is 2. The average molecular weight is 317 g/mol. The molecule has 124 valence electrons. The SMILES string of the molecule is CC(CCC1CCCCC1)NC(=O)[C@H]1CCN[C@@H](C)C1.Cl. The Morgan fingerprint density at radius 3 is 2.62 bits per heavy atom. The lowest BCUT2D eigenvalue weighted by Gasteiger charge is -2.29. The highest BCUT2D eigenvalue weighted by Crippen LogP contribution is 2.27. The van der Waals surface area contributed by atoms with Gasteiger partial charge in [-0.2, -0.15) is 0 Å². The minimum absolute atomic E-state index is 0. The summed E-state index contributed by atoms with van der Waals surface area (Å²) in [5.41, 5.74) is 0. The summed E-state index contributed by atoms with van der Waals surface area (Å²) < 4.78 is 0. The zero-order chi connectivity index (χ0) is 14.4. The van der Waals surface area contributed by atoms with E-state index in [2.05, 4.69) is 24.5 Å². The zero-order valence-corrected chi connectivity index (χ0v) is 14.5. The molecule has 0 aromatic rings. The number of carbonyl (C=O) groups excluding carboxylic acids is 1. The fourth-order valence-corrected chi connectivity index (χ4v) is 3.76. The zero-order valence-electron chi connectivity index (χ0n) is 13.7. The monoisotopic (exact) mass is 316 g/mol. The van der Waals surface area contributed by atoms with Gasteiger partial charge in [-0.3, -0.25) is 4.79 Å². The summed E-state index contributed by atoms with van der Waals surface area (Å²) in [6, 6.07) is 0.826. The molecule has 21 heavy (non-hydrogen) atoms. The molecule has 0 aromatic heterocycles. The molecule has 2 fully saturated rings. The van der Waals surface area contributed by atoms with Gasteiger partial charge in [0, 0.05) is 18.0 Å². The minimum Gasteiger partial charge on any atom is -0.353 e. The van der Waals surface area contributed by atoms with Crippen LogP contribution in [-0.4, -0.2) is 24.5 Å². The summed E-state index contributed by atoms with van der Waals surface area (Å²) in [7, 11) is 0. The number of amides is 1. The molecule has 3 atom stereocenters. The van der Waals surface area contributed by atoms with Crippen LogP contribution in [0.2, 0.25) is 0 Å². The number of rotatable bonds is 5. The van der Waals surface area contributed by atoms with Gasteiger partial charge in [0.15, 0.2) is 0 Å². The fourth-order valence-electron chi connectivity index (χ4n) is 3.76. The van der Waals surface area contributed by atoms with Crippen LogP contribution in [0.25, 0.3) is 0 Å². The lowest BCUT2D eigenvalue weighted by atomic mass is 9.85. The molecule has 1 aliphatic carbocycles. The molecular weight excluding hydrogens is 284 g/mol. The number of hydrogen-bond acceptors (Lipinski definition) is 2. The van der Waals surface area contributed by atoms with E-state index in [0.717, 1.165) is 31.7 Å². The van der Waals surface area contributed by atoms with Crippen molar-refractivity contribution in [2.45, 2.75) is 83.7 Å². The largest absolute Gasteiger partial charge is 0.353 e. The highest BCUT2D eigenvalue weighted by atomic mass is 35.5. The molecule has 1 amide bonds. The molecular formula is C17H33ClN2O. The van der Waals surface area contributed by atoms with E-state index >= 15 is 0 Å². The number of hydrogen-bond donors (Lipinski definition) is 2. The van der Waals surface area contributed by atoms with Gasteiger partial charge in [0.05, 0.1) is 0 Å². The maximum Gasteiger partial charge on any atom is 0.223 e. The molecule has 0 spiro atoms. The Hall–Kier alpha value is -0.280. The summed E-state index contributed by atoms with van der Waals surface area (Å²) in [5, 5.41) is 6.65. The first kappa shape index (κ1) is 18.8. The van der Waals surface area contributed by atoms with Gasteiger partial charge < -0.3 is 10.6 Å². The van der Waals surface area contributed by atoms with Crippen LogP contribution < -0.4 is 10.6 Å². The van der Waals surface area contributed by atoms with E-state index < -0.39 is 0 Å². The van der Waals surface area contributed by atoms with Crippen LogP contribution in [0.4, 0.5) is 0 Å². The van der Waals surface area contributed by atoms with E-state index in [0.29, 0.717) is 12.1 Å². The highest BCUT2D eigenvalue weighted by molar-refractivity contribution is 5.85. The average Bonchev–Trinajstić information content (AvgIpc) is 2.46. The second kappa shape index (κ2) is 9.68. The molecule has 2 aliphatic rings. The quantitative estimate of drug-likeness (QED) is 0.812. The van der Waals surface area contributed by atoms with Crippen LogP contribution >= 0.6 is 12.4 Å². The van der Waals surface area contributed by atoms with Gasteiger partial charge in [0.1, 0.15) is 0 Å². The molecule has 1 aliphatic heterocycles. The van der Waals surface area contributed by atoms with Gasteiger partial charge in [0.2, 0.25) is 5.91 Å². The summed E-state index contributed by atoms with van der Waals surface area (Å²) in [6.45, 7) is 5.33. The standard InChI is InChI=1S/C17H32N2O.ClH/c1-13(8-9-15-6-4-3-5-7-15)19-17(20)16-10-11-18-14(2)12-16;/h13-16,18H,3-12H2,1-2H3,(H,19,20);1H/t13?,14-,16-;/m0./s1. The van der Waals surface area contributed by atoms with Gasteiger partial charge in [-0.1, -0.05) is 32.1 Å². The van der Waals surface area contributed by atoms with Crippen molar-refractivity contribution in [1.82, 2.24) is 10.6 Å². The summed E-state index contributed by atoms with van der Waals surface area (Å²) in [6.07, 6.45) is 11.5. The second-order valence-corrected chi connectivity index (χ2v) is 7.07. The first-order valence-corrected chi connectivity index (χ1v) is 8.69. The third-order valence-electron chi connectivity index (χ3n) is 5.12. The molecule has 2 rings (SSSR count). The molecule has 1 unspecified atom stereocenters. The van der Waals surface area contributed by atoms with Crippen molar-refractivity contribution in [2.24, 2.45) is 11.8 Å². The van der Waals surface area contributed by atoms with Gasteiger partial charge >= 0.3 is 0 Å². The molecule has 1 heterocycles. The molecule has 2 N–H and O–H groups in total. The molecule has 0 bridgehead atoms. The van der Waals surface area contributed by atoms with Crippen molar-refractivity contribution in [2.75, 3.05) is 6.54 Å². The third kappa shape index (κ3) is 6.56. The summed E-state index contributed by atoms with van der Waals surface area (Å²) >= 11 is 0. The van der Waals surface area contributed by atoms with Crippen LogP contribution in [-0.2, 0) is 4.79 Å². The Labute approximate surface area is 136 Å². The van der Waals surface area contributed by atoms with Crippen molar-refractivity contribution in [3.05, 3.63) is 0 Å². The summed E-state index contributed by atoms with van der Waals surface area (Å²) in [4.78, 5) is 12.3. The predicted octanol–water partition coefficient (Wildman–Crippen LogP) is 3.66. The normalized spacial score (nSPS) is 28.5. The lowest BCUT2D eigenvalue weighted by molar-refractivity contribution is -0.126. The van der Waals surface area contributed by atoms with E-state index in [1.54, 1.807) is 0 Å². The van der Waals surface area contributed by atoms with Gasteiger partial charge in [-0.25, -0.2) is 0 Å². The van der Waals surface area contributed by atoms with Crippen molar-refractivity contribution in [1.29, 1.82) is 0 Å². The fraction of sp³-hybridized carbons (Fsp3) is 0.941. The van der Waals surface area contributed by atoms with Gasteiger partial charge in [-0.05, 0) is 52.0 Å². The first-order valence-electron chi connectivity index (χ1n) is 8.69. The second-order valence-electron chi connectivity index (χ2n) is 7.07. The van der Waals surface area contributed by atoms with Gasteiger partial charge in [0.25, 0.3) is 0 Å². The minimum atomic E-state index is 0. The molecule has 0 aromatic carbocycles. The molecule has 1 saturated heterocycles. The van der Waals surface area contributed by atoms with Crippen LogP contribution in [0.5, 0.6) is 0 Å². The van der Waals surface area contributed by atoms with E-state index in [4.69, 9.17) is 0 Å².